The van der Waals surface area contributed by atoms with Gasteiger partial charge in [-0.3, -0.25) is 0 Å². The molecule has 2 aromatic rings. The summed E-state index contributed by atoms with van der Waals surface area (Å²) in [6.45, 7) is 3.29. The Bertz CT molecular complexity index is 699. The Morgan fingerprint density at radius 2 is 2.17 bits per heavy atom. The van der Waals surface area contributed by atoms with Gasteiger partial charge in [0.1, 0.15) is 24.5 Å². The van der Waals surface area contributed by atoms with Gasteiger partial charge in [-0.15, -0.1) is 0 Å². The third kappa shape index (κ3) is 3.36. The molecule has 1 atom stereocenters. The number of benzene rings is 1. The molecule has 2 aliphatic heterocycles. The van der Waals surface area contributed by atoms with E-state index in [4.69, 9.17) is 9.47 Å². The van der Waals surface area contributed by atoms with E-state index in [0.29, 0.717) is 6.61 Å². The molecule has 0 amide bonds. The molecule has 126 valence electrons. The molecule has 1 fully saturated rings. The molecular weight excluding hydrogens is 302 g/mol. The highest BCUT2D eigenvalue weighted by molar-refractivity contribution is 5.51. The van der Waals surface area contributed by atoms with Gasteiger partial charge in [-0.25, -0.2) is 9.97 Å². The second-order valence-electron chi connectivity index (χ2n) is 6.52. The molecule has 0 bridgehead atoms. The number of nitrogens with one attached hydrogen (secondary N) is 1. The van der Waals surface area contributed by atoms with Crippen LogP contribution in [-0.2, 0) is 17.8 Å². The lowest BCUT2D eigenvalue weighted by molar-refractivity contribution is 0.184. The van der Waals surface area contributed by atoms with Crippen molar-refractivity contribution in [3.63, 3.8) is 0 Å². The standard InChI is InChI=1S/C19H23N3O2/c1-2-6-18-15(5-1)10-16-17(12-24-18)21-13-22-19(16)20-8-3-4-14-7-9-23-11-14/h1-2,5-6,13-14H,3-4,7-12H2,(H,20,21,22). The Balaban J connectivity index is 1.43. The Morgan fingerprint density at radius 1 is 1.21 bits per heavy atom. The molecule has 5 nitrogen and oxygen atoms in total. The largest absolute Gasteiger partial charge is 0.487 e. The van der Waals surface area contributed by atoms with E-state index in [1.165, 1.54) is 18.4 Å². The van der Waals surface area contributed by atoms with Crippen molar-refractivity contribution in [2.24, 2.45) is 5.92 Å². The number of hydrogen-bond acceptors (Lipinski definition) is 5. The molecule has 0 radical (unpaired) electrons. The lowest BCUT2D eigenvalue weighted by Gasteiger charge is -2.13. The summed E-state index contributed by atoms with van der Waals surface area (Å²) in [6.07, 6.45) is 6.00. The van der Waals surface area contributed by atoms with E-state index in [0.717, 1.165) is 61.3 Å². The fraction of sp³-hybridized carbons (Fsp3) is 0.474. The van der Waals surface area contributed by atoms with Crippen LogP contribution in [0.5, 0.6) is 5.75 Å². The van der Waals surface area contributed by atoms with Crippen LogP contribution in [0.4, 0.5) is 5.82 Å². The maximum atomic E-state index is 5.89. The van der Waals surface area contributed by atoms with Crippen LogP contribution in [0, 0.1) is 5.92 Å². The van der Waals surface area contributed by atoms with E-state index in [2.05, 4.69) is 21.4 Å². The van der Waals surface area contributed by atoms with Crippen molar-refractivity contribution in [1.82, 2.24) is 9.97 Å². The number of aromatic nitrogens is 2. The molecule has 24 heavy (non-hydrogen) atoms. The molecule has 1 N–H and O–H groups in total. The number of fused-ring (bicyclic) bond motifs is 2. The maximum Gasteiger partial charge on any atom is 0.133 e. The summed E-state index contributed by atoms with van der Waals surface area (Å²) in [6, 6.07) is 8.19. The highest BCUT2D eigenvalue weighted by Crippen LogP contribution is 2.30. The van der Waals surface area contributed by atoms with Crippen LogP contribution >= 0.6 is 0 Å². The van der Waals surface area contributed by atoms with Gasteiger partial charge in [0.15, 0.2) is 0 Å². The molecule has 0 aliphatic carbocycles. The summed E-state index contributed by atoms with van der Waals surface area (Å²) < 4.78 is 11.3. The predicted octanol–water partition coefficient (Wildman–Crippen LogP) is 3.19. The van der Waals surface area contributed by atoms with Crippen molar-refractivity contribution in [2.45, 2.75) is 32.3 Å². The predicted molar refractivity (Wildman–Crippen MR) is 92.3 cm³/mol. The van der Waals surface area contributed by atoms with E-state index in [1.807, 2.05) is 18.2 Å². The first kappa shape index (κ1) is 15.4. The number of nitrogens with zero attached hydrogens (tertiary/aromatic N) is 2. The van der Waals surface area contributed by atoms with Crippen LogP contribution < -0.4 is 10.1 Å². The first-order valence-corrected chi connectivity index (χ1v) is 8.75. The van der Waals surface area contributed by atoms with Gasteiger partial charge in [-0.05, 0) is 36.8 Å². The van der Waals surface area contributed by atoms with Crippen molar-refractivity contribution in [3.8, 4) is 5.75 Å². The molecule has 0 saturated carbocycles. The van der Waals surface area contributed by atoms with Gasteiger partial charge in [0.25, 0.3) is 0 Å². The van der Waals surface area contributed by atoms with Gasteiger partial charge in [0, 0.05) is 31.7 Å². The minimum absolute atomic E-state index is 0.503. The summed E-state index contributed by atoms with van der Waals surface area (Å²) in [5.41, 5.74) is 3.33. The number of ether oxygens (including phenoxy) is 2. The molecule has 1 unspecified atom stereocenters. The Labute approximate surface area is 142 Å². The average Bonchev–Trinajstić information content (AvgIpc) is 3.05. The summed E-state index contributed by atoms with van der Waals surface area (Å²) in [5, 5.41) is 3.51. The van der Waals surface area contributed by atoms with Gasteiger partial charge in [0.2, 0.25) is 0 Å². The van der Waals surface area contributed by atoms with E-state index in [1.54, 1.807) is 6.33 Å². The van der Waals surface area contributed by atoms with Crippen molar-refractivity contribution >= 4 is 5.82 Å². The summed E-state index contributed by atoms with van der Waals surface area (Å²) in [4.78, 5) is 8.90. The first-order valence-electron chi connectivity index (χ1n) is 8.75. The number of anilines is 1. The third-order valence-electron chi connectivity index (χ3n) is 4.84. The zero-order chi connectivity index (χ0) is 16.2. The Kier molecular flexibility index (Phi) is 4.60. The van der Waals surface area contributed by atoms with Crippen molar-refractivity contribution in [2.75, 3.05) is 25.1 Å². The fourth-order valence-corrected chi connectivity index (χ4v) is 3.45. The van der Waals surface area contributed by atoms with Crippen LogP contribution in [-0.4, -0.2) is 29.7 Å². The van der Waals surface area contributed by atoms with E-state index < -0.39 is 0 Å². The lowest BCUT2D eigenvalue weighted by Crippen LogP contribution is -2.11. The van der Waals surface area contributed by atoms with Gasteiger partial charge >= 0.3 is 0 Å². The van der Waals surface area contributed by atoms with Crippen molar-refractivity contribution in [1.29, 1.82) is 0 Å². The van der Waals surface area contributed by atoms with Crippen LogP contribution in [0.25, 0.3) is 0 Å². The monoisotopic (exact) mass is 325 g/mol. The quantitative estimate of drug-likeness (QED) is 0.856. The molecule has 2 aliphatic rings. The summed E-state index contributed by atoms with van der Waals surface area (Å²) >= 11 is 0. The van der Waals surface area contributed by atoms with Gasteiger partial charge < -0.3 is 14.8 Å². The van der Waals surface area contributed by atoms with Crippen molar-refractivity contribution < 1.29 is 9.47 Å². The summed E-state index contributed by atoms with van der Waals surface area (Å²) in [5.74, 6) is 2.63. The molecule has 4 rings (SSSR count). The second kappa shape index (κ2) is 7.18. The molecule has 5 heteroatoms. The highest BCUT2D eigenvalue weighted by atomic mass is 16.5. The SMILES string of the molecule is c1ccc2c(c1)Cc1c(ncnc1NCCCC1CCOC1)CO2. The zero-order valence-electron chi connectivity index (χ0n) is 13.8. The van der Waals surface area contributed by atoms with Gasteiger partial charge in [-0.2, -0.15) is 0 Å². The van der Waals surface area contributed by atoms with Crippen LogP contribution in [0.3, 0.4) is 0 Å². The van der Waals surface area contributed by atoms with Crippen LogP contribution in [0.15, 0.2) is 30.6 Å². The topological polar surface area (TPSA) is 56.3 Å². The minimum atomic E-state index is 0.503. The van der Waals surface area contributed by atoms with E-state index in [-0.39, 0.29) is 0 Å². The van der Waals surface area contributed by atoms with Crippen LogP contribution in [0.2, 0.25) is 0 Å². The Morgan fingerprint density at radius 3 is 3.08 bits per heavy atom. The third-order valence-corrected chi connectivity index (χ3v) is 4.84. The minimum Gasteiger partial charge on any atom is -0.487 e. The Hall–Kier alpha value is -2.14. The second-order valence-corrected chi connectivity index (χ2v) is 6.52. The molecule has 3 heterocycles. The molecule has 0 spiro atoms. The maximum absolute atomic E-state index is 5.89. The number of para-hydroxylation sites is 1. The molecular formula is C19H23N3O2. The summed E-state index contributed by atoms with van der Waals surface area (Å²) in [7, 11) is 0. The van der Waals surface area contributed by atoms with Gasteiger partial charge in [0.05, 0.1) is 5.69 Å². The molecule has 1 aromatic heterocycles. The van der Waals surface area contributed by atoms with E-state index >= 15 is 0 Å². The normalized spacial score (nSPS) is 19.1. The lowest BCUT2D eigenvalue weighted by atomic mass is 10.0. The number of hydrogen-bond donors (Lipinski definition) is 1. The zero-order valence-corrected chi connectivity index (χ0v) is 13.8. The molecule has 1 saturated heterocycles. The average molecular weight is 325 g/mol. The van der Waals surface area contributed by atoms with Crippen molar-refractivity contribution in [3.05, 3.63) is 47.4 Å². The molecule has 1 aromatic carbocycles. The first-order chi connectivity index (χ1) is 11.9. The van der Waals surface area contributed by atoms with E-state index in [9.17, 15) is 0 Å². The highest BCUT2D eigenvalue weighted by Gasteiger charge is 2.19. The van der Waals surface area contributed by atoms with Crippen LogP contribution in [0.1, 0.15) is 36.1 Å². The van der Waals surface area contributed by atoms with Gasteiger partial charge in [-0.1, -0.05) is 18.2 Å². The smallest absolute Gasteiger partial charge is 0.133 e. The number of rotatable bonds is 5. The fourth-order valence-electron chi connectivity index (χ4n) is 3.45.